The number of fused-ring (bicyclic) bond motifs is 1. The molecule has 0 fully saturated rings. The van der Waals surface area contributed by atoms with E-state index in [0.717, 1.165) is 11.1 Å². The van der Waals surface area contributed by atoms with Gasteiger partial charge in [0.05, 0.1) is 22.1 Å². The quantitative estimate of drug-likeness (QED) is 0.755. The monoisotopic (exact) mass is 361 g/mol. The molecule has 3 rings (SSSR count). The van der Waals surface area contributed by atoms with Gasteiger partial charge >= 0.3 is 0 Å². The SMILES string of the molecule is CC(C)c1cccc2nc(NS(=O)(=O)c3ccc(Cl)cc3)cnc12. The Balaban J connectivity index is 1.97. The first kappa shape index (κ1) is 16.7. The van der Waals surface area contributed by atoms with Crippen LogP contribution in [0, 0.1) is 0 Å². The van der Waals surface area contributed by atoms with Gasteiger partial charge in [-0.25, -0.2) is 13.4 Å². The van der Waals surface area contributed by atoms with Gasteiger partial charge in [0.1, 0.15) is 0 Å². The van der Waals surface area contributed by atoms with Gasteiger partial charge in [0.25, 0.3) is 10.0 Å². The molecule has 1 heterocycles. The van der Waals surface area contributed by atoms with Crippen molar-refractivity contribution in [3.05, 3.63) is 59.2 Å². The molecule has 0 amide bonds. The number of benzene rings is 2. The van der Waals surface area contributed by atoms with Crippen LogP contribution in [-0.4, -0.2) is 18.4 Å². The summed E-state index contributed by atoms with van der Waals surface area (Å²) in [5.41, 5.74) is 2.51. The molecule has 0 aliphatic carbocycles. The number of aromatic nitrogens is 2. The van der Waals surface area contributed by atoms with Crippen LogP contribution in [0.5, 0.6) is 0 Å². The average molecular weight is 362 g/mol. The topological polar surface area (TPSA) is 72.0 Å². The summed E-state index contributed by atoms with van der Waals surface area (Å²) in [5.74, 6) is 0.484. The van der Waals surface area contributed by atoms with Crippen molar-refractivity contribution >= 4 is 38.5 Å². The summed E-state index contributed by atoms with van der Waals surface area (Å²) >= 11 is 5.79. The summed E-state index contributed by atoms with van der Waals surface area (Å²) in [6.45, 7) is 4.15. The zero-order valence-corrected chi connectivity index (χ0v) is 14.8. The van der Waals surface area contributed by atoms with E-state index in [2.05, 4.69) is 28.5 Å². The van der Waals surface area contributed by atoms with Crippen LogP contribution in [0.1, 0.15) is 25.3 Å². The number of anilines is 1. The van der Waals surface area contributed by atoms with E-state index in [9.17, 15) is 8.42 Å². The van der Waals surface area contributed by atoms with E-state index in [4.69, 9.17) is 11.6 Å². The summed E-state index contributed by atoms with van der Waals surface area (Å²) in [7, 11) is -3.74. The molecule has 0 unspecified atom stereocenters. The van der Waals surface area contributed by atoms with Crippen LogP contribution in [0.25, 0.3) is 11.0 Å². The average Bonchev–Trinajstić information content (AvgIpc) is 2.54. The maximum absolute atomic E-state index is 12.4. The Morgan fingerprint density at radius 1 is 1.08 bits per heavy atom. The molecule has 0 bridgehead atoms. The molecule has 0 atom stereocenters. The van der Waals surface area contributed by atoms with Crippen molar-refractivity contribution < 1.29 is 8.42 Å². The molecule has 0 aliphatic rings. The van der Waals surface area contributed by atoms with E-state index < -0.39 is 10.0 Å². The predicted molar refractivity (Wildman–Crippen MR) is 95.9 cm³/mol. The van der Waals surface area contributed by atoms with Crippen molar-refractivity contribution in [1.29, 1.82) is 0 Å². The Bertz CT molecular complexity index is 986. The summed E-state index contributed by atoms with van der Waals surface area (Å²) in [6, 6.07) is 11.6. The molecule has 3 aromatic rings. The van der Waals surface area contributed by atoms with Gasteiger partial charge in [-0.05, 0) is 41.8 Å². The minimum absolute atomic E-state index is 0.115. The summed E-state index contributed by atoms with van der Waals surface area (Å²) in [5, 5.41) is 0.473. The first-order valence-corrected chi connectivity index (χ1v) is 9.27. The Kier molecular flexibility index (Phi) is 4.43. The lowest BCUT2D eigenvalue weighted by atomic mass is 10.0. The van der Waals surface area contributed by atoms with Gasteiger partial charge in [-0.2, -0.15) is 0 Å². The van der Waals surface area contributed by atoms with E-state index in [1.165, 1.54) is 30.5 Å². The number of hydrogen-bond donors (Lipinski definition) is 1. The van der Waals surface area contributed by atoms with Crippen LogP contribution >= 0.6 is 11.6 Å². The summed E-state index contributed by atoms with van der Waals surface area (Å²) in [4.78, 5) is 8.87. The lowest BCUT2D eigenvalue weighted by Crippen LogP contribution is -2.14. The third kappa shape index (κ3) is 3.34. The highest BCUT2D eigenvalue weighted by Crippen LogP contribution is 2.24. The smallest absolute Gasteiger partial charge is 0.262 e. The van der Waals surface area contributed by atoms with E-state index in [1.54, 1.807) is 0 Å². The Morgan fingerprint density at radius 2 is 1.79 bits per heavy atom. The fourth-order valence-electron chi connectivity index (χ4n) is 2.39. The molecule has 0 saturated heterocycles. The molecule has 0 saturated carbocycles. The number of nitrogens with one attached hydrogen (secondary N) is 1. The number of sulfonamides is 1. The van der Waals surface area contributed by atoms with Crippen molar-refractivity contribution in [2.24, 2.45) is 0 Å². The molecule has 124 valence electrons. The van der Waals surface area contributed by atoms with Crippen LogP contribution in [0.2, 0.25) is 5.02 Å². The van der Waals surface area contributed by atoms with Gasteiger partial charge < -0.3 is 0 Å². The van der Waals surface area contributed by atoms with Crippen molar-refractivity contribution in [3.8, 4) is 0 Å². The highest BCUT2D eigenvalue weighted by Gasteiger charge is 2.16. The van der Waals surface area contributed by atoms with Gasteiger partial charge in [0, 0.05) is 5.02 Å². The third-order valence-corrected chi connectivity index (χ3v) is 5.21. The van der Waals surface area contributed by atoms with Crippen LogP contribution in [0.3, 0.4) is 0 Å². The normalized spacial score (nSPS) is 11.8. The zero-order chi connectivity index (χ0) is 17.3. The first-order chi connectivity index (χ1) is 11.4. The lowest BCUT2D eigenvalue weighted by molar-refractivity contribution is 0.601. The minimum atomic E-state index is -3.74. The molecule has 1 N–H and O–H groups in total. The predicted octanol–water partition coefficient (Wildman–Crippen LogP) is 4.21. The van der Waals surface area contributed by atoms with Gasteiger partial charge in [-0.1, -0.05) is 37.6 Å². The maximum atomic E-state index is 12.4. The summed E-state index contributed by atoms with van der Waals surface area (Å²) in [6.07, 6.45) is 1.43. The van der Waals surface area contributed by atoms with Crippen molar-refractivity contribution in [2.75, 3.05) is 4.72 Å². The minimum Gasteiger partial charge on any atom is -0.262 e. The molecule has 1 aromatic heterocycles. The number of para-hydroxylation sites is 1. The van der Waals surface area contributed by atoms with Crippen molar-refractivity contribution in [3.63, 3.8) is 0 Å². The molecule has 0 aliphatic heterocycles. The zero-order valence-electron chi connectivity index (χ0n) is 13.2. The number of halogens is 1. The van der Waals surface area contributed by atoms with E-state index >= 15 is 0 Å². The lowest BCUT2D eigenvalue weighted by Gasteiger charge is -2.11. The van der Waals surface area contributed by atoms with Gasteiger partial charge in [0.15, 0.2) is 5.82 Å². The molecule has 5 nitrogen and oxygen atoms in total. The molecular weight excluding hydrogens is 346 g/mol. The molecule has 0 spiro atoms. The van der Waals surface area contributed by atoms with Gasteiger partial charge in [-0.3, -0.25) is 9.71 Å². The second-order valence-corrected chi connectivity index (χ2v) is 7.80. The maximum Gasteiger partial charge on any atom is 0.263 e. The standard InChI is InChI=1S/C17H16ClN3O2S/c1-11(2)14-4-3-5-15-17(14)19-10-16(20-15)21-24(22,23)13-8-6-12(18)7-9-13/h3-11H,1-2H3,(H,20,21). The van der Waals surface area contributed by atoms with Crippen molar-refractivity contribution in [1.82, 2.24) is 9.97 Å². The number of rotatable bonds is 4. The third-order valence-electron chi connectivity index (χ3n) is 3.59. The molecule has 24 heavy (non-hydrogen) atoms. The first-order valence-electron chi connectivity index (χ1n) is 7.41. The van der Waals surface area contributed by atoms with E-state index in [-0.39, 0.29) is 10.7 Å². The fourth-order valence-corrected chi connectivity index (χ4v) is 3.50. The highest BCUT2D eigenvalue weighted by molar-refractivity contribution is 7.92. The largest absolute Gasteiger partial charge is 0.263 e. The molecular formula is C17H16ClN3O2S. The van der Waals surface area contributed by atoms with Crippen LogP contribution < -0.4 is 4.72 Å². The van der Waals surface area contributed by atoms with Crippen molar-refractivity contribution in [2.45, 2.75) is 24.7 Å². The fraction of sp³-hybridized carbons (Fsp3) is 0.176. The van der Waals surface area contributed by atoms with Crippen LogP contribution in [0.15, 0.2) is 53.6 Å². The Morgan fingerprint density at radius 3 is 2.46 bits per heavy atom. The Hall–Kier alpha value is -2.18. The second kappa shape index (κ2) is 6.37. The molecule has 0 radical (unpaired) electrons. The Labute approximate surface area is 145 Å². The van der Waals surface area contributed by atoms with Crippen LogP contribution in [-0.2, 0) is 10.0 Å². The number of nitrogens with zero attached hydrogens (tertiary/aromatic N) is 2. The highest BCUT2D eigenvalue weighted by atomic mass is 35.5. The van der Waals surface area contributed by atoms with Gasteiger partial charge in [0.2, 0.25) is 0 Å². The van der Waals surface area contributed by atoms with E-state index in [0.29, 0.717) is 16.5 Å². The van der Waals surface area contributed by atoms with E-state index in [1.807, 2.05) is 18.2 Å². The molecule has 2 aromatic carbocycles. The van der Waals surface area contributed by atoms with Gasteiger partial charge in [-0.15, -0.1) is 0 Å². The summed E-state index contributed by atoms with van der Waals surface area (Å²) < 4.78 is 27.3. The van der Waals surface area contributed by atoms with Crippen LogP contribution in [0.4, 0.5) is 5.82 Å². The molecule has 7 heteroatoms. The second-order valence-electron chi connectivity index (χ2n) is 5.68. The number of hydrogen-bond acceptors (Lipinski definition) is 4.